The molecule has 0 saturated heterocycles. The molecule has 0 aliphatic rings. The van der Waals surface area contributed by atoms with Crippen LogP contribution < -0.4 is 0 Å². The summed E-state index contributed by atoms with van der Waals surface area (Å²) in [6, 6.07) is 5.36. The zero-order valence-electron chi connectivity index (χ0n) is 10.1. The molecular weight excluding hydrogens is 293 g/mol. The second-order valence-corrected chi connectivity index (χ2v) is 6.34. The lowest BCUT2D eigenvalue weighted by atomic mass is 9.88. The summed E-state index contributed by atoms with van der Waals surface area (Å²) in [5.41, 5.74) is 0.404. The third-order valence-electron chi connectivity index (χ3n) is 2.64. The average Bonchev–Trinajstić information content (AvgIpc) is 2.15. The Hall–Kier alpha value is -0.510. The number of rotatable bonds is 2. The van der Waals surface area contributed by atoms with E-state index < -0.39 is 11.7 Å². The monoisotopic (exact) mass is 308 g/mol. The molecule has 0 heterocycles. The molecule has 0 aliphatic carbocycles. The van der Waals surface area contributed by atoms with Gasteiger partial charge in [0.25, 0.3) is 0 Å². The van der Waals surface area contributed by atoms with Crippen molar-refractivity contribution in [3.05, 3.63) is 35.4 Å². The van der Waals surface area contributed by atoms with Crippen molar-refractivity contribution < 1.29 is 13.2 Å². The second-order valence-electron chi connectivity index (χ2n) is 5.23. The zero-order valence-corrected chi connectivity index (χ0v) is 11.7. The van der Waals surface area contributed by atoms with Crippen molar-refractivity contribution in [3.63, 3.8) is 0 Å². The lowest BCUT2D eigenvalue weighted by molar-refractivity contribution is -0.137. The van der Waals surface area contributed by atoms with Crippen LogP contribution in [0.15, 0.2) is 24.3 Å². The quantitative estimate of drug-likeness (QED) is 0.670. The molecule has 0 fully saturated rings. The first-order valence-electron chi connectivity index (χ1n) is 5.41. The van der Waals surface area contributed by atoms with Crippen LogP contribution in [0.5, 0.6) is 0 Å². The van der Waals surface area contributed by atoms with Crippen molar-refractivity contribution in [1.82, 2.24) is 0 Å². The fraction of sp³-hybridized carbons (Fsp3) is 0.538. The first kappa shape index (κ1) is 14.6. The van der Waals surface area contributed by atoms with Crippen LogP contribution in [0.3, 0.4) is 0 Å². The molecule has 0 radical (unpaired) electrons. The predicted molar refractivity (Wildman–Crippen MR) is 67.3 cm³/mol. The van der Waals surface area contributed by atoms with E-state index in [9.17, 15) is 13.2 Å². The molecule has 0 bridgehead atoms. The fourth-order valence-corrected chi connectivity index (χ4v) is 1.72. The average molecular weight is 309 g/mol. The van der Waals surface area contributed by atoms with Gasteiger partial charge in [0.2, 0.25) is 0 Å². The predicted octanol–water partition coefficient (Wildman–Crippen LogP) is 5.06. The molecule has 96 valence electrons. The molecule has 0 aromatic heterocycles. The van der Waals surface area contributed by atoms with Gasteiger partial charge in [0, 0.05) is 4.83 Å². The third-order valence-corrected chi connectivity index (χ3v) is 4.33. The van der Waals surface area contributed by atoms with Crippen LogP contribution in [-0.4, -0.2) is 4.83 Å². The Labute approximate surface area is 108 Å². The summed E-state index contributed by atoms with van der Waals surface area (Å²) in [6.07, 6.45) is -3.53. The van der Waals surface area contributed by atoms with Gasteiger partial charge in [-0.2, -0.15) is 13.2 Å². The van der Waals surface area contributed by atoms with E-state index in [4.69, 9.17) is 0 Å². The highest BCUT2D eigenvalue weighted by Crippen LogP contribution is 2.31. The molecule has 1 atom stereocenters. The van der Waals surface area contributed by atoms with Crippen LogP contribution in [-0.2, 0) is 12.6 Å². The standard InChI is InChI=1S/C13H16BrF3/c1-12(2,3)11(14)8-9-4-6-10(7-5-9)13(15,16)17/h4-7,11H,8H2,1-3H3. The number of hydrogen-bond donors (Lipinski definition) is 0. The molecule has 0 aliphatic heterocycles. The van der Waals surface area contributed by atoms with Gasteiger partial charge in [-0.05, 0) is 29.5 Å². The first-order valence-corrected chi connectivity index (χ1v) is 6.32. The van der Waals surface area contributed by atoms with Gasteiger partial charge in [-0.1, -0.05) is 48.8 Å². The number of halogens is 4. The Morgan fingerprint density at radius 2 is 1.53 bits per heavy atom. The van der Waals surface area contributed by atoms with Crippen molar-refractivity contribution in [2.24, 2.45) is 5.41 Å². The van der Waals surface area contributed by atoms with Crippen LogP contribution in [0, 0.1) is 5.41 Å². The maximum absolute atomic E-state index is 12.4. The maximum atomic E-state index is 12.4. The highest BCUT2D eigenvalue weighted by molar-refractivity contribution is 9.09. The number of benzene rings is 1. The van der Waals surface area contributed by atoms with Gasteiger partial charge in [0.1, 0.15) is 0 Å². The summed E-state index contributed by atoms with van der Waals surface area (Å²) in [6.45, 7) is 6.28. The van der Waals surface area contributed by atoms with Gasteiger partial charge in [-0.25, -0.2) is 0 Å². The topological polar surface area (TPSA) is 0 Å². The summed E-state index contributed by atoms with van der Waals surface area (Å²) in [5, 5.41) is 0. The minimum atomic E-state index is -4.25. The van der Waals surface area contributed by atoms with E-state index in [0.717, 1.165) is 24.1 Å². The molecule has 1 unspecified atom stereocenters. The Morgan fingerprint density at radius 3 is 1.88 bits per heavy atom. The molecule has 4 heteroatoms. The highest BCUT2D eigenvalue weighted by Gasteiger charge is 2.30. The van der Waals surface area contributed by atoms with Gasteiger partial charge >= 0.3 is 6.18 Å². The smallest absolute Gasteiger partial charge is 0.166 e. The molecular formula is C13H16BrF3. The van der Waals surface area contributed by atoms with E-state index in [1.165, 1.54) is 0 Å². The van der Waals surface area contributed by atoms with E-state index >= 15 is 0 Å². The minimum Gasteiger partial charge on any atom is -0.166 e. The van der Waals surface area contributed by atoms with Crippen LogP contribution in [0.4, 0.5) is 13.2 Å². The molecule has 0 nitrogen and oxygen atoms in total. The van der Waals surface area contributed by atoms with E-state index in [2.05, 4.69) is 36.7 Å². The lowest BCUT2D eigenvalue weighted by Crippen LogP contribution is -2.22. The van der Waals surface area contributed by atoms with Crippen molar-refractivity contribution in [2.45, 2.75) is 38.2 Å². The Morgan fingerprint density at radius 1 is 1.06 bits per heavy atom. The zero-order chi connectivity index (χ0) is 13.3. The van der Waals surface area contributed by atoms with Crippen molar-refractivity contribution in [1.29, 1.82) is 0 Å². The van der Waals surface area contributed by atoms with Crippen molar-refractivity contribution in [3.8, 4) is 0 Å². The fourth-order valence-electron chi connectivity index (χ4n) is 1.34. The molecule has 1 rings (SSSR count). The summed E-state index contributed by atoms with van der Waals surface area (Å²) in [7, 11) is 0. The van der Waals surface area contributed by atoms with Crippen LogP contribution >= 0.6 is 15.9 Å². The normalized spacial score (nSPS) is 14.8. The molecule has 0 spiro atoms. The molecule has 1 aromatic rings. The summed E-state index contributed by atoms with van der Waals surface area (Å²) in [5.74, 6) is 0. The lowest BCUT2D eigenvalue weighted by Gasteiger charge is -2.25. The molecule has 17 heavy (non-hydrogen) atoms. The summed E-state index contributed by atoms with van der Waals surface area (Å²) >= 11 is 3.57. The van der Waals surface area contributed by atoms with Gasteiger partial charge in [-0.15, -0.1) is 0 Å². The molecule has 0 amide bonds. The summed E-state index contributed by atoms with van der Waals surface area (Å²) in [4.78, 5) is 0.242. The first-order chi connectivity index (χ1) is 7.60. The van der Waals surface area contributed by atoms with Gasteiger partial charge in [0.05, 0.1) is 5.56 Å². The molecule has 1 aromatic carbocycles. The van der Waals surface area contributed by atoms with Gasteiger partial charge < -0.3 is 0 Å². The highest BCUT2D eigenvalue weighted by atomic mass is 79.9. The summed E-state index contributed by atoms with van der Waals surface area (Å²) < 4.78 is 37.1. The maximum Gasteiger partial charge on any atom is 0.416 e. The Balaban J connectivity index is 2.76. The SMILES string of the molecule is CC(C)(C)C(Br)Cc1ccc(C(F)(F)F)cc1. The van der Waals surface area contributed by atoms with E-state index in [-0.39, 0.29) is 10.2 Å². The van der Waals surface area contributed by atoms with Crippen LogP contribution in [0.2, 0.25) is 0 Å². The largest absolute Gasteiger partial charge is 0.416 e. The van der Waals surface area contributed by atoms with Crippen molar-refractivity contribution >= 4 is 15.9 Å². The molecule has 0 N–H and O–H groups in total. The minimum absolute atomic E-state index is 0.0860. The van der Waals surface area contributed by atoms with Gasteiger partial charge in [0.15, 0.2) is 0 Å². The molecule has 0 saturated carbocycles. The second kappa shape index (κ2) is 5.01. The van der Waals surface area contributed by atoms with E-state index in [0.29, 0.717) is 0 Å². The van der Waals surface area contributed by atoms with Crippen LogP contribution in [0.1, 0.15) is 31.9 Å². The number of alkyl halides is 4. The van der Waals surface area contributed by atoms with Crippen molar-refractivity contribution in [2.75, 3.05) is 0 Å². The van der Waals surface area contributed by atoms with E-state index in [1.54, 1.807) is 12.1 Å². The third kappa shape index (κ3) is 4.34. The number of hydrogen-bond acceptors (Lipinski definition) is 0. The Bertz CT molecular complexity index is 360. The Kier molecular flexibility index (Phi) is 4.28. The van der Waals surface area contributed by atoms with Gasteiger partial charge in [-0.3, -0.25) is 0 Å². The van der Waals surface area contributed by atoms with Crippen LogP contribution in [0.25, 0.3) is 0 Å². The van der Waals surface area contributed by atoms with E-state index in [1.807, 2.05) is 0 Å².